The molecule has 0 atom stereocenters. The van der Waals surface area contributed by atoms with Gasteiger partial charge in [0.15, 0.2) is 11.4 Å². The number of hydrogen-bond donors (Lipinski definition) is 1. The fourth-order valence-electron chi connectivity index (χ4n) is 2.42. The van der Waals surface area contributed by atoms with Gasteiger partial charge in [0.05, 0.1) is 7.11 Å². The van der Waals surface area contributed by atoms with E-state index < -0.39 is 5.91 Å². The van der Waals surface area contributed by atoms with Crippen LogP contribution in [0.25, 0.3) is 22.0 Å². The Morgan fingerprint density at radius 1 is 1.13 bits per heavy atom. The highest BCUT2D eigenvalue weighted by Gasteiger charge is 2.18. The first-order chi connectivity index (χ1) is 11.0. The van der Waals surface area contributed by atoms with Crippen LogP contribution in [0.2, 0.25) is 10.0 Å². The summed E-state index contributed by atoms with van der Waals surface area (Å²) in [5, 5.41) is 9.68. The van der Waals surface area contributed by atoms with Gasteiger partial charge in [0.2, 0.25) is 0 Å². The number of aromatic nitrogens is 2. The molecule has 2 N–H and O–H groups in total. The van der Waals surface area contributed by atoms with Gasteiger partial charge in [0.25, 0.3) is 5.91 Å². The molecule has 0 radical (unpaired) electrons. The highest BCUT2D eigenvalue weighted by Crippen LogP contribution is 2.35. The Kier molecular flexibility index (Phi) is 4.07. The average molecular weight is 348 g/mol. The summed E-state index contributed by atoms with van der Waals surface area (Å²) in [5.41, 5.74) is 7.42. The molecule has 7 heteroatoms. The molecule has 1 aromatic heterocycles. The number of nitrogens with two attached hydrogens (primary N) is 1. The minimum atomic E-state index is -0.701. The normalized spacial score (nSPS) is 10.7. The highest BCUT2D eigenvalue weighted by molar-refractivity contribution is 6.35. The summed E-state index contributed by atoms with van der Waals surface area (Å²) in [7, 11) is 1.45. The van der Waals surface area contributed by atoms with Crippen molar-refractivity contribution in [1.29, 1.82) is 0 Å². The summed E-state index contributed by atoms with van der Waals surface area (Å²) in [6, 6.07) is 10.7. The molecular weight excluding hydrogens is 337 g/mol. The van der Waals surface area contributed by atoms with E-state index in [9.17, 15) is 4.79 Å². The lowest BCUT2D eigenvalue weighted by Gasteiger charge is -2.11. The molecule has 0 aliphatic rings. The van der Waals surface area contributed by atoms with Gasteiger partial charge in [-0.25, -0.2) is 0 Å². The molecule has 3 aromatic rings. The first kappa shape index (κ1) is 15.5. The monoisotopic (exact) mass is 347 g/mol. The summed E-state index contributed by atoms with van der Waals surface area (Å²) in [6.45, 7) is 0. The van der Waals surface area contributed by atoms with E-state index in [0.717, 1.165) is 11.1 Å². The number of rotatable bonds is 3. The van der Waals surface area contributed by atoms with Crippen LogP contribution >= 0.6 is 23.2 Å². The highest BCUT2D eigenvalue weighted by atomic mass is 35.5. The Morgan fingerprint density at radius 2 is 1.83 bits per heavy atom. The van der Waals surface area contributed by atoms with Crippen molar-refractivity contribution in [2.75, 3.05) is 7.11 Å². The van der Waals surface area contributed by atoms with E-state index >= 15 is 0 Å². The van der Waals surface area contributed by atoms with E-state index in [4.69, 9.17) is 33.7 Å². The van der Waals surface area contributed by atoms with E-state index in [1.54, 1.807) is 24.3 Å². The predicted octanol–water partition coefficient (Wildman–Crippen LogP) is 3.71. The number of carbonyl (C=O) groups excluding carboxylic acids is 1. The van der Waals surface area contributed by atoms with Crippen LogP contribution in [0, 0.1) is 0 Å². The van der Waals surface area contributed by atoms with E-state index in [2.05, 4.69) is 10.2 Å². The fraction of sp³-hybridized carbons (Fsp3) is 0.0625. The molecule has 1 amide bonds. The van der Waals surface area contributed by atoms with Gasteiger partial charge in [0.1, 0.15) is 5.52 Å². The maximum atomic E-state index is 11.5. The molecule has 0 bridgehead atoms. The number of benzene rings is 2. The van der Waals surface area contributed by atoms with E-state index in [1.165, 1.54) is 7.11 Å². The van der Waals surface area contributed by atoms with Gasteiger partial charge in [-0.05, 0) is 29.8 Å². The molecule has 0 spiro atoms. The minimum absolute atomic E-state index is 0.0127. The van der Waals surface area contributed by atoms with E-state index in [-0.39, 0.29) is 11.4 Å². The van der Waals surface area contributed by atoms with Crippen molar-refractivity contribution < 1.29 is 9.53 Å². The fourth-order valence-corrected chi connectivity index (χ4v) is 2.94. The zero-order valence-corrected chi connectivity index (χ0v) is 13.5. The van der Waals surface area contributed by atoms with Crippen molar-refractivity contribution in [3.05, 3.63) is 52.1 Å². The average Bonchev–Trinajstić information content (AvgIpc) is 2.51. The lowest BCUT2D eigenvalue weighted by Crippen LogP contribution is -2.15. The second-order valence-corrected chi connectivity index (χ2v) is 5.68. The van der Waals surface area contributed by atoms with Gasteiger partial charge in [-0.1, -0.05) is 35.3 Å². The molecule has 5 nitrogen and oxygen atoms in total. The largest absolute Gasteiger partial charge is 0.493 e. The summed E-state index contributed by atoms with van der Waals surface area (Å²) in [4.78, 5) is 11.5. The Bertz CT molecular complexity index is 908. The van der Waals surface area contributed by atoms with Crippen molar-refractivity contribution in [1.82, 2.24) is 10.2 Å². The molecule has 2 aromatic carbocycles. The van der Waals surface area contributed by atoms with Crippen molar-refractivity contribution in [3.63, 3.8) is 0 Å². The molecule has 0 fully saturated rings. The summed E-state index contributed by atoms with van der Waals surface area (Å²) < 4.78 is 5.30. The first-order valence-corrected chi connectivity index (χ1v) is 7.36. The number of methoxy groups -OCH3 is 1. The molecule has 116 valence electrons. The number of fused-ring (bicyclic) bond motifs is 1. The Labute approximate surface area is 142 Å². The van der Waals surface area contributed by atoms with Crippen molar-refractivity contribution >= 4 is 40.0 Å². The maximum Gasteiger partial charge on any atom is 0.273 e. The van der Waals surface area contributed by atoms with Gasteiger partial charge in [-0.15, -0.1) is 10.2 Å². The third-order valence-electron chi connectivity index (χ3n) is 3.36. The third kappa shape index (κ3) is 2.81. The van der Waals surface area contributed by atoms with Crippen LogP contribution < -0.4 is 10.5 Å². The molecule has 3 rings (SSSR count). The quantitative estimate of drug-likeness (QED) is 0.783. The molecule has 0 saturated carbocycles. The van der Waals surface area contributed by atoms with Crippen LogP contribution in [-0.2, 0) is 0 Å². The zero-order valence-electron chi connectivity index (χ0n) is 12.0. The second-order valence-electron chi connectivity index (χ2n) is 4.81. The number of amides is 1. The van der Waals surface area contributed by atoms with Crippen LogP contribution in [0.1, 0.15) is 10.5 Å². The SMILES string of the molecule is COc1c(C(N)=O)nnc2c(-c3cc(Cl)cc(Cl)c3)cccc12. The first-order valence-electron chi connectivity index (χ1n) is 6.61. The summed E-state index contributed by atoms with van der Waals surface area (Å²) >= 11 is 12.1. The number of carbonyl (C=O) groups is 1. The Morgan fingerprint density at radius 3 is 2.43 bits per heavy atom. The van der Waals surface area contributed by atoms with Crippen LogP contribution in [-0.4, -0.2) is 23.2 Å². The molecule has 1 heterocycles. The molecule has 0 aliphatic carbocycles. The molecule has 0 unspecified atom stereocenters. The number of halogens is 2. The van der Waals surface area contributed by atoms with Crippen LogP contribution in [0.5, 0.6) is 5.75 Å². The Balaban J connectivity index is 2.33. The summed E-state index contributed by atoms with van der Waals surface area (Å²) in [6.07, 6.45) is 0. The van der Waals surface area contributed by atoms with E-state index in [0.29, 0.717) is 20.9 Å². The zero-order chi connectivity index (χ0) is 16.6. The molecule has 0 saturated heterocycles. The third-order valence-corrected chi connectivity index (χ3v) is 3.79. The van der Waals surface area contributed by atoms with Gasteiger partial charge in [-0.3, -0.25) is 4.79 Å². The number of ether oxygens (including phenoxy) is 1. The van der Waals surface area contributed by atoms with Crippen molar-refractivity contribution in [2.24, 2.45) is 5.73 Å². The number of primary amides is 1. The van der Waals surface area contributed by atoms with Gasteiger partial charge < -0.3 is 10.5 Å². The van der Waals surface area contributed by atoms with Crippen LogP contribution in [0.4, 0.5) is 0 Å². The van der Waals surface area contributed by atoms with E-state index in [1.807, 2.05) is 12.1 Å². The lowest BCUT2D eigenvalue weighted by molar-refractivity contribution is 0.0991. The molecule has 23 heavy (non-hydrogen) atoms. The van der Waals surface area contributed by atoms with Gasteiger partial charge in [0, 0.05) is 21.0 Å². The predicted molar refractivity (Wildman–Crippen MR) is 90.1 cm³/mol. The van der Waals surface area contributed by atoms with Crippen LogP contribution in [0.3, 0.4) is 0 Å². The van der Waals surface area contributed by atoms with Gasteiger partial charge >= 0.3 is 0 Å². The summed E-state index contributed by atoms with van der Waals surface area (Å²) in [5.74, 6) is -0.412. The number of hydrogen-bond acceptors (Lipinski definition) is 4. The number of nitrogens with zero attached hydrogens (tertiary/aromatic N) is 2. The van der Waals surface area contributed by atoms with Crippen LogP contribution in [0.15, 0.2) is 36.4 Å². The smallest absolute Gasteiger partial charge is 0.273 e. The van der Waals surface area contributed by atoms with Crippen molar-refractivity contribution in [3.8, 4) is 16.9 Å². The molecule has 0 aliphatic heterocycles. The minimum Gasteiger partial charge on any atom is -0.493 e. The lowest BCUT2D eigenvalue weighted by atomic mass is 10.0. The van der Waals surface area contributed by atoms with Gasteiger partial charge in [-0.2, -0.15) is 0 Å². The van der Waals surface area contributed by atoms with Crippen molar-refractivity contribution in [2.45, 2.75) is 0 Å². The standard InChI is InChI=1S/C16H11Cl2N3O2/c1-23-15-12-4-2-3-11(8-5-9(17)7-10(18)6-8)13(12)20-21-14(15)16(19)22/h2-7H,1H3,(H2,19,22). The topological polar surface area (TPSA) is 78.1 Å². The molecular formula is C16H11Cl2N3O2. The maximum absolute atomic E-state index is 11.5. The second kappa shape index (κ2) is 6.02. The Hall–Kier alpha value is -2.37.